The number of benzene rings is 1. The standard InChI is InChI=1S/C16H12BrN5OS2/c17-12-6-4-11(5-7-12)9-19-20-14(23)10-24-16-22-21-15(25-16)13-3-1-2-8-18-13/h1-9H,10H2,(H,20,23)/b19-9-. The largest absolute Gasteiger partial charge is 0.272 e. The zero-order valence-corrected chi connectivity index (χ0v) is 16.0. The number of amides is 1. The maximum absolute atomic E-state index is 11.8. The molecule has 1 N–H and O–H groups in total. The van der Waals surface area contributed by atoms with Crippen LogP contribution in [0, 0.1) is 0 Å². The second-order valence-corrected chi connectivity index (χ2v) is 7.84. The molecule has 0 saturated heterocycles. The van der Waals surface area contributed by atoms with Crippen molar-refractivity contribution < 1.29 is 4.79 Å². The van der Waals surface area contributed by atoms with Crippen molar-refractivity contribution in [3.8, 4) is 10.7 Å². The molecular weight excluding hydrogens is 422 g/mol. The van der Waals surface area contributed by atoms with E-state index >= 15 is 0 Å². The van der Waals surface area contributed by atoms with E-state index in [-0.39, 0.29) is 11.7 Å². The second kappa shape index (κ2) is 8.84. The molecule has 0 aliphatic heterocycles. The lowest BCUT2D eigenvalue weighted by atomic mass is 10.2. The fraction of sp³-hybridized carbons (Fsp3) is 0.0625. The molecule has 1 amide bonds. The first-order valence-corrected chi connectivity index (χ1v) is 9.75. The summed E-state index contributed by atoms with van der Waals surface area (Å²) in [6.45, 7) is 0. The van der Waals surface area contributed by atoms with Crippen molar-refractivity contribution >= 4 is 51.2 Å². The van der Waals surface area contributed by atoms with E-state index in [2.05, 4.69) is 41.6 Å². The van der Waals surface area contributed by atoms with Crippen LogP contribution in [0.1, 0.15) is 5.56 Å². The Labute approximate surface area is 160 Å². The van der Waals surface area contributed by atoms with Gasteiger partial charge in [-0.25, -0.2) is 5.43 Å². The Morgan fingerprint density at radius 3 is 2.84 bits per heavy atom. The molecular formula is C16H12BrN5OS2. The quantitative estimate of drug-likeness (QED) is 0.364. The molecule has 0 fully saturated rings. The van der Waals surface area contributed by atoms with Crippen LogP contribution in [0.25, 0.3) is 10.7 Å². The van der Waals surface area contributed by atoms with Gasteiger partial charge in [0, 0.05) is 10.7 Å². The first-order chi connectivity index (χ1) is 12.2. The number of carbonyl (C=O) groups excluding carboxylic acids is 1. The average Bonchev–Trinajstić information content (AvgIpc) is 3.11. The molecule has 2 aromatic heterocycles. The number of nitrogens with zero attached hydrogens (tertiary/aromatic N) is 4. The number of rotatable bonds is 6. The van der Waals surface area contributed by atoms with E-state index in [1.807, 2.05) is 42.5 Å². The van der Waals surface area contributed by atoms with Gasteiger partial charge in [-0.3, -0.25) is 9.78 Å². The third-order valence-electron chi connectivity index (χ3n) is 2.89. The summed E-state index contributed by atoms with van der Waals surface area (Å²) >= 11 is 6.09. The third-order valence-corrected chi connectivity index (χ3v) is 5.50. The number of pyridine rings is 1. The minimum Gasteiger partial charge on any atom is -0.272 e. The van der Waals surface area contributed by atoms with Crippen LogP contribution in [-0.4, -0.2) is 33.1 Å². The molecule has 3 rings (SSSR count). The Hall–Kier alpha value is -2.10. The lowest BCUT2D eigenvalue weighted by Crippen LogP contribution is -2.19. The molecule has 3 aromatic rings. The van der Waals surface area contributed by atoms with E-state index in [0.29, 0.717) is 4.34 Å². The third kappa shape index (κ3) is 5.45. The summed E-state index contributed by atoms with van der Waals surface area (Å²) < 4.78 is 1.71. The molecule has 0 radical (unpaired) electrons. The first-order valence-electron chi connectivity index (χ1n) is 7.16. The number of nitrogens with one attached hydrogen (secondary N) is 1. The summed E-state index contributed by atoms with van der Waals surface area (Å²) in [6, 6.07) is 13.2. The number of thioether (sulfide) groups is 1. The molecule has 6 nitrogen and oxygen atoms in total. The number of hydrogen-bond acceptors (Lipinski definition) is 7. The highest BCUT2D eigenvalue weighted by Gasteiger charge is 2.09. The van der Waals surface area contributed by atoms with Crippen LogP contribution in [0.3, 0.4) is 0 Å². The summed E-state index contributed by atoms with van der Waals surface area (Å²) in [6.07, 6.45) is 3.31. The minimum atomic E-state index is -0.201. The fourth-order valence-electron chi connectivity index (χ4n) is 1.75. The van der Waals surface area contributed by atoms with Crippen molar-refractivity contribution in [2.24, 2.45) is 5.10 Å². The van der Waals surface area contributed by atoms with Crippen molar-refractivity contribution in [3.63, 3.8) is 0 Å². The highest BCUT2D eigenvalue weighted by Crippen LogP contribution is 2.27. The van der Waals surface area contributed by atoms with Gasteiger partial charge in [0.05, 0.1) is 12.0 Å². The molecule has 0 unspecified atom stereocenters. The van der Waals surface area contributed by atoms with Gasteiger partial charge < -0.3 is 0 Å². The molecule has 0 aliphatic rings. The second-order valence-electron chi connectivity index (χ2n) is 4.72. The average molecular weight is 434 g/mol. The number of carbonyl (C=O) groups is 1. The molecule has 25 heavy (non-hydrogen) atoms. The van der Waals surface area contributed by atoms with E-state index in [1.165, 1.54) is 23.1 Å². The van der Waals surface area contributed by atoms with Crippen molar-refractivity contribution in [1.29, 1.82) is 0 Å². The van der Waals surface area contributed by atoms with Gasteiger partial charge >= 0.3 is 0 Å². The van der Waals surface area contributed by atoms with Crippen molar-refractivity contribution in [2.45, 2.75) is 4.34 Å². The predicted octanol–water partition coefficient (Wildman–Crippen LogP) is 3.61. The maximum Gasteiger partial charge on any atom is 0.250 e. The molecule has 0 aliphatic carbocycles. The van der Waals surface area contributed by atoms with Crippen LogP contribution in [0.15, 0.2) is 62.6 Å². The van der Waals surface area contributed by atoms with E-state index in [4.69, 9.17) is 0 Å². The molecule has 1 aromatic carbocycles. The summed E-state index contributed by atoms with van der Waals surface area (Å²) in [4.78, 5) is 16.1. The van der Waals surface area contributed by atoms with Gasteiger partial charge in [-0.2, -0.15) is 5.10 Å². The van der Waals surface area contributed by atoms with Gasteiger partial charge in [0.2, 0.25) is 0 Å². The fourth-order valence-corrected chi connectivity index (χ4v) is 3.63. The predicted molar refractivity (Wildman–Crippen MR) is 104 cm³/mol. The minimum absolute atomic E-state index is 0.201. The summed E-state index contributed by atoms with van der Waals surface area (Å²) in [5.41, 5.74) is 4.17. The van der Waals surface area contributed by atoms with Crippen LogP contribution >= 0.6 is 39.0 Å². The highest BCUT2D eigenvalue weighted by molar-refractivity contribution is 9.10. The van der Waals surface area contributed by atoms with Crippen LogP contribution in [0.5, 0.6) is 0 Å². The Morgan fingerprint density at radius 2 is 2.08 bits per heavy atom. The van der Waals surface area contributed by atoms with Gasteiger partial charge in [0.25, 0.3) is 5.91 Å². The van der Waals surface area contributed by atoms with Gasteiger partial charge in [0.1, 0.15) is 5.69 Å². The van der Waals surface area contributed by atoms with Crippen LogP contribution in [0.4, 0.5) is 0 Å². The lowest BCUT2D eigenvalue weighted by Gasteiger charge is -1.97. The monoisotopic (exact) mass is 433 g/mol. The van der Waals surface area contributed by atoms with E-state index < -0.39 is 0 Å². The van der Waals surface area contributed by atoms with Gasteiger partial charge in [-0.05, 0) is 29.8 Å². The summed E-state index contributed by atoms with van der Waals surface area (Å²) in [7, 11) is 0. The van der Waals surface area contributed by atoms with E-state index in [1.54, 1.807) is 12.4 Å². The normalized spacial score (nSPS) is 10.9. The zero-order chi connectivity index (χ0) is 17.5. The molecule has 9 heteroatoms. The Morgan fingerprint density at radius 1 is 1.24 bits per heavy atom. The summed E-state index contributed by atoms with van der Waals surface area (Å²) in [5, 5.41) is 12.8. The highest BCUT2D eigenvalue weighted by atomic mass is 79.9. The van der Waals surface area contributed by atoms with Gasteiger partial charge in [-0.1, -0.05) is 57.2 Å². The SMILES string of the molecule is O=C(CSc1nnc(-c2ccccn2)s1)N/N=C\c1ccc(Br)cc1. The van der Waals surface area contributed by atoms with Gasteiger partial charge in [0.15, 0.2) is 9.35 Å². The molecule has 2 heterocycles. The first kappa shape index (κ1) is 17.7. The number of hydrogen-bond donors (Lipinski definition) is 1. The van der Waals surface area contributed by atoms with Crippen LogP contribution in [-0.2, 0) is 4.79 Å². The van der Waals surface area contributed by atoms with Crippen LogP contribution in [0.2, 0.25) is 0 Å². The smallest absolute Gasteiger partial charge is 0.250 e. The maximum atomic E-state index is 11.8. The van der Waals surface area contributed by atoms with Crippen molar-refractivity contribution in [3.05, 3.63) is 58.7 Å². The number of aromatic nitrogens is 3. The lowest BCUT2D eigenvalue weighted by molar-refractivity contribution is -0.118. The Kier molecular flexibility index (Phi) is 6.26. The van der Waals surface area contributed by atoms with E-state index in [0.717, 1.165) is 20.7 Å². The number of halogens is 1. The Bertz CT molecular complexity index is 868. The van der Waals surface area contributed by atoms with Crippen molar-refractivity contribution in [2.75, 3.05) is 5.75 Å². The van der Waals surface area contributed by atoms with Crippen LogP contribution < -0.4 is 5.43 Å². The molecule has 0 saturated carbocycles. The number of hydrazone groups is 1. The molecule has 126 valence electrons. The topological polar surface area (TPSA) is 80.1 Å². The zero-order valence-electron chi connectivity index (χ0n) is 12.8. The van der Waals surface area contributed by atoms with Gasteiger partial charge in [-0.15, -0.1) is 10.2 Å². The Balaban J connectivity index is 1.48. The molecule has 0 atom stereocenters. The van der Waals surface area contributed by atoms with E-state index in [9.17, 15) is 4.79 Å². The van der Waals surface area contributed by atoms with Crippen molar-refractivity contribution in [1.82, 2.24) is 20.6 Å². The molecule has 0 bridgehead atoms. The molecule has 0 spiro atoms. The summed E-state index contributed by atoms with van der Waals surface area (Å²) in [5.74, 6) is 0.0158.